The van der Waals surface area contributed by atoms with Gasteiger partial charge in [-0.1, -0.05) is 0 Å². The van der Waals surface area contributed by atoms with E-state index in [-0.39, 0.29) is 12.6 Å². The number of anilines is 1. The van der Waals surface area contributed by atoms with Crippen molar-refractivity contribution in [3.8, 4) is 5.75 Å². The Balaban J connectivity index is 2.06. The van der Waals surface area contributed by atoms with E-state index in [0.29, 0.717) is 19.7 Å². The normalized spacial score (nSPS) is 14.9. The first-order chi connectivity index (χ1) is 9.11. The predicted octanol–water partition coefficient (Wildman–Crippen LogP) is 1.41. The number of benzene rings is 1. The van der Waals surface area contributed by atoms with Crippen LogP contribution in [-0.2, 0) is 4.79 Å². The van der Waals surface area contributed by atoms with E-state index in [9.17, 15) is 9.59 Å². The molecule has 0 atom stereocenters. The molecule has 6 nitrogen and oxygen atoms in total. The van der Waals surface area contributed by atoms with Crippen molar-refractivity contribution in [3.63, 3.8) is 0 Å². The van der Waals surface area contributed by atoms with Gasteiger partial charge in [-0.2, -0.15) is 0 Å². The van der Waals surface area contributed by atoms with Crippen molar-refractivity contribution < 1.29 is 19.4 Å². The molecule has 19 heavy (non-hydrogen) atoms. The number of nitrogens with zero attached hydrogens (tertiary/aromatic N) is 2. The van der Waals surface area contributed by atoms with Crippen molar-refractivity contribution >= 4 is 17.7 Å². The Hall–Kier alpha value is -2.24. The highest BCUT2D eigenvalue weighted by molar-refractivity contribution is 5.95. The molecule has 1 aliphatic rings. The van der Waals surface area contributed by atoms with Crippen molar-refractivity contribution in [1.29, 1.82) is 0 Å². The third-order valence-electron chi connectivity index (χ3n) is 2.88. The summed E-state index contributed by atoms with van der Waals surface area (Å²) in [6.07, 6.45) is 0. The number of carboxylic acids is 1. The number of aliphatic carboxylic acids is 1. The third kappa shape index (κ3) is 2.96. The molecule has 6 heteroatoms. The average Bonchev–Trinajstić information content (AvgIpc) is 2.72. The second kappa shape index (κ2) is 5.60. The van der Waals surface area contributed by atoms with Gasteiger partial charge < -0.3 is 14.7 Å². The number of carbonyl (C=O) groups is 2. The third-order valence-corrected chi connectivity index (χ3v) is 2.88. The Morgan fingerprint density at radius 2 is 2.00 bits per heavy atom. The van der Waals surface area contributed by atoms with Crippen LogP contribution in [-0.4, -0.2) is 48.2 Å². The van der Waals surface area contributed by atoms with Gasteiger partial charge in [0.2, 0.25) is 0 Å². The summed E-state index contributed by atoms with van der Waals surface area (Å²) in [7, 11) is 0. The van der Waals surface area contributed by atoms with Gasteiger partial charge in [0.05, 0.1) is 6.61 Å². The minimum Gasteiger partial charge on any atom is -0.494 e. The van der Waals surface area contributed by atoms with Crippen LogP contribution in [0.3, 0.4) is 0 Å². The Morgan fingerprint density at radius 1 is 1.32 bits per heavy atom. The number of carboxylic acid groups (broad SMARTS) is 1. The Bertz CT molecular complexity index is 472. The van der Waals surface area contributed by atoms with Crippen molar-refractivity contribution in [2.45, 2.75) is 6.92 Å². The molecule has 1 saturated heterocycles. The second-order valence-corrected chi connectivity index (χ2v) is 4.18. The second-order valence-electron chi connectivity index (χ2n) is 4.18. The molecule has 0 unspecified atom stereocenters. The van der Waals surface area contributed by atoms with Gasteiger partial charge in [-0.3, -0.25) is 9.69 Å². The van der Waals surface area contributed by atoms with Gasteiger partial charge in [-0.05, 0) is 31.2 Å². The molecule has 0 radical (unpaired) electrons. The topological polar surface area (TPSA) is 70.1 Å². The zero-order chi connectivity index (χ0) is 13.8. The van der Waals surface area contributed by atoms with Crippen molar-refractivity contribution in [3.05, 3.63) is 24.3 Å². The zero-order valence-corrected chi connectivity index (χ0v) is 10.7. The van der Waals surface area contributed by atoms with E-state index in [0.717, 1.165) is 11.4 Å². The smallest absolute Gasteiger partial charge is 0.325 e. The number of ether oxygens (including phenoxy) is 1. The summed E-state index contributed by atoms with van der Waals surface area (Å²) in [6.45, 7) is 3.17. The molecule has 0 spiro atoms. The lowest BCUT2D eigenvalue weighted by Gasteiger charge is -2.17. The number of urea groups is 1. The maximum atomic E-state index is 12.0. The van der Waals surface area contributed by atoms with E-state index in [1.165, 1.54) is 4.90 Å². The highest BCUT2D eigenvalue weighted by atomic mass is 16.5. The minimum absolute atomic E-state index is 0.258. The van der Waals surface area contributed by atoms with E-state index in [2.05, 4.69) is 0 Å². The maximum absolute atomic E-state index is 12.0. The first-order valence-corrected chi connectivity index (χ1v) is 6.13. The minimum atomic E-state index is -0.998. The molecule has 0 saturated carbocycles. The summed E-state index contributed by atoms with van der Waals surface area (Å²) in [5.74, 6) is -0.248. The SMILES string of the molecule is CCOc1ccc(N2CCN(CC(=O)O)C2=O)cc1. The van der Waals surface area contributed by atoms with Crippen LogP contribution in [0.15, 0.2) is 24.3 Å². The molecule has 0 aliphatic carbocycles. The van der Waals surface area contributed by atoms with Gasteiger partial charge in [-0.15, -0.1) is 0 Å². The number of hydrogen-bond acceptors (Lipinski definition) is 3. The van der Waals surface area contributed by atoms with E-state index in [4.69, 9.17) is 9.84 Å². The molecule has 1 fully saturated rings. The van der Waals surface area contributed by atoms with Gasteiger partial charge in [-0.25, -0.2) is 4.79 Å². The van der Waals surface area contributed by atoms with Gasteiger partial charge in [0.15, 0.2) is 0 Å². The van der Waals surface area contributed by atoms with Crippen LogP contribution in [0.2, 0.25) is 0 Å². The maximum Gasteiger partial charge on any atom is 0.325 e. The standard InChI is InChI=1S/C13H16N2O4/c1-2-19-11-5-3-10(4-6-11)15-8-7-14(13(15)18)9-12(16)17/h3-6H,2,7-9H2,1H3,(H,16,17). The van der Waals surface area contributed by atoms with E-state index < -0.39 is 5.97 Å². The molecular formula is C13H16N2O4. The van der Waals surface area contributed by atoms with Crippen molar-refractivity contribution in [2.24, 2.45) is 0 Å². The van der Waals surface area contributed by atoms with Gasteiger partial charge in [0.25, 0.3) is 0 Å². The summed E-state index contributed by atoms with van der Waals surface area (Å²) in [6, 6.07) is 6.92. The molecule has 1 aliphatic heterocycles. The fourth-order valence-corrected chi connectivity index (χ4v) is 2.02. The lowest BCUT2D eigenvalue weighted by molar-refractivity contribution is -0.137. The van der Waals surface area contributed by atoms with E-state index >= 15 is 0 Å². The van der Waals surface area contributed by atoms with Crippen LogP contribution in [0.1, 0.15) is 6.92 Å². The first-order valence-electron chi connectivity index (χ1n) is 6.13. The van der Waals surface area contributed by atoms with Crippen molar-refractivity contribution in [2.75, 3.05) is 31.1 Å². The van der Waals surface area contributed by atoms with E-state index in [1.807, 2.05) is 6.92 Å². The largest absolute Gasteiger partial charge is 0.494 e. The summed E-state index contributed by atoms with van der Waals surface area (Å²) >= 11 is 0. The quantitative estimate of drug-likeness (QED) is 0.873. The van der Waals surface area contributed by atoms with Crippen LogP contribution in [0, 0.1) is 0 Å². The highest BCUT2D eigenvalue weighted by Gasteiger charge is 2.30. The molecule has 1 heterocycles. The lowest BCUT2D eigenvalue weighted by atomic mass is 10.3. The van der Waals surface area contributed by atoms with Crippen LogP contribution in [0.5, 0.6) is 5.75 Å². The molecule has 1 aromatic rings. The van der Waals surface area contributed by atoms with Crippen LogP contribution in [0.25, 0.3) is 0 Å². The molecule has 2 amide bonds. The fourth-order valence-electron chi connectivity index (χ4n) is 2.02. The molecular weight excluding hydrogens is 248 g/mol. The number of rotatable bonds is 5. The van der Waals surface area contributed by atoms with Crippen molar-refractivity contribution in [1.82, 2.24) is 4.90 Å². The molecule has 1 aromatic carbocycles. The molecule has 2 rings (SSSR count). The Labute approximate surface area is 111 Å². The molecule has 0 bridgehead atoms. The van der Waals surface area contributed by atoms with Gasteiger partial charge >= 0.3 is 12.0 Å². The first kappa shape index (κ1) is 13.2. The van der Waals surface area contributed by atoms with Gasteiger partial charge in [0.1, 0.15) is 12.3 Å². The monoisotopic (exact) mass is 264 g/mol. The lowest BCUT2D eigenvalue weighted by Crippen LogP contribution is -2.35. The van der Waals surface area contributed by atoms with Crippen LogP contribution in [0.4, 0.5) is 10.5 Å². The average molecular weight is 264 g/mol. The highest BCUT2D eigenvalue weighted by Crippen LogP contribution is 2.23. The number of carbonyl (C=O) groups excluding carboxylic acids is 1. The summed E-state index contributed by atoms with van der Waals surface area (Å²) in [5.41, 5.74) is 0.751. The zero-order valence-electron chi connectivity index (χ0n) is 10.7. The van der Waals surface area contributed by atoms with Gasteiger partial charge in [0, 0.05) is 18.8 Å². The number of hydrogen-bond donors (Lipinski definition) is 1. The Kier molecular flexibility index (Phi) is 3.89. The molecule has 102 valence electrons. The van der Waals surface area contributed by atoms with E-state index in [1.54, 1.807) is 29.2 Å². The fraction of sp³-hybridized carbons (Fsp3) is 0.385. The molecule has 0 aromatic heterocycles. The number of amides is 2. The molecule has 1 N–H and O–H groups in total. The summed E-state index contributed by atoms with van der Waals surface area (Å²) in [4.78, 5) is 25.5. The van der Waals surface area contributed by atoms with Crippen LogP contribution >= 0.6 is 0 Å². The summed E-state index contributed by atoms with van der Waals surface area (Å²) < 4.78 is 5.33. The Morgan fingerprint density at radius 3 is 2.58 bits per heavy atom. The predicted molar refractivity (Wildman–Crippen MR) is 69.6 cm³/mol. The van der Waals surface area contributed by atoms with Crippen LogP contribution < -0.4 is 9.64 Å². The summed E-state index contributed by atoms with van der Waals surface area (Å²) in [5, 5.41) is 8.72.